The van der Waals surface area contributed by atoms with E-state index in [-0.39, 0.29) is 6.54 Å². The summed E-state index contributed by atoms with van der Waals surface area (Å²) >= 11 is 0. The second kappa shape index (κ2) is 7.55. The first-order valence-electron chi connectivity index (χ1n) is 8.26. The molecule has 4 N–H and O–H groups in total. The normalized spacial score (nSPS) is 14.1. The summed E-state index contributed by atoms with van der Waals surface area (Å²) in [5.74, 6) is 1.97. The summed E-state index contributed by atoms with van der Waals surface area (Å²) < 4.78 is 11.2. The van der Waals surface area contributed by atoms with Crippen molar-refractivity contribution in [2.45, 2.75) is 25.4 Å². The summed E-state index contributed by atoms with van der Waals surface area (Å²) in [4.78, 5) is 0. The van der Waals surface area contributed by atoms with Crippen LogP contribution in [0.4, 0.5) is 0 Å². The maximum atomic E-state index is 10.1. The van der Waals surface area contributed by atoms with Gasteiger partial charge in [0.2, 0.25) is 0 Å². The fourth-order valence-corrected chi connectivity index (χ4v) is 2.83. The van der Waals surface area contributed by atoms with Gasteiger partial charge < -0.3 is 25.4 Å². The lowest BCUT2D eigenvalue weighted by Crippen LogP contribution is -2.11. The summed E-state index contributed by atoms with van der Waals surface area (Å²) in [6.45, 7) is 1.44. The van der Waals surface area contributed by atoms with Crippen LogP contribution in [0, 0.1) is 0 Å². The van der Waals surface area contributed by atoms with E-state index in [0.717, 1.165) is 47.5 Å². The fraction of sp³-hybridized carbons (Fsp3) is 0.368. The maximum absolute atomic E-state index is 10.1. The Balaban J connectivity index is 1.49. The molecule has 2 aromatic rings. The van der Waals surface area contributed by atoms with Crippen molar-refractivity contribution >= 4 is 0 Å². The first-order chi connectivity index (χ1) is 11.7. The third-order valence-electron chi connectivity index (χ3n) is 4.24. The number of aliphatic hydroxyl groups excluding tert-OH is 1. The van der Waals surface area contributed by atoms with Gasteiger partial charge in [-0.15, -0.1) is 0 Å². The van der Waals surface area contributed by atoms with E-state index in [1.165, 1.54) is 0 Å². The van der Waals surface area contributed by atoms with E-state index in [4.69, 9.17) is 15.2 Å². The molecule has 1 heterocycles. The van der Waals surface area contributed by atoms with Crippen molar-refractivity contribution in [1.82, 2.24) is 0 Å². The molecule has 1 atom stereocenters. The number of benzene rings is 2. The van der Waals surface area contributed by atoms with Crippen molar-refractivity contribution in [3.05, 3.63) is 53.1 Å². The number of aryl methyl sites for hydroxylation is 1. The molecule has 0 saturated heterocycles. The number of rotatable bonds is 7. The summed E-state index contributed by atoms with van der Waals surface area (Å²) in [7, 11) is 0. The lowest BCUT2D eigenvalue weighted by Gasteiger charge is -2.11. The van der Waals surface area contributed by atoms with Crippen molar-refractivity contribution in [1.29, 1.82) is 0 Å². The van der Waals surface area contributed by atoms with Crippen LogP contribution in [-0.2, 0) is 12.8 Å². The maximum Gasteiger partial charge on any atom is 0.123 e. The van der Waals surface area contributed by atoms with Crippen LogP contribution >= 0.6 is 0 Å². The monoisotopic (exact) mass is 329 g/mol. The molecule has 0 spiro atoms. The Morgan fingerprint density at radius 1 is 1.21 bits per heavy atom. The highest BCUT2D eigenvalue weighted by molar-refractivity contribution is 5.47. The van der Waals surface area contributed by atoms with Crippen LogP contribution in [0.25, 0.3) is 0 Å². The van der Waals surface area contributed by atoms with Crippen LogP contribution in [0.2, 0.25) is 0 Å². The average Bonchev–Trinajstić information content (AvgIpc) is 3.05. The highest BCUT2D eigenvalue weighted by atomic mass is 16.5. The first-order valence-corrected chi connectivity index (χ1v) is 8.26. The first kappa shape index (κ1) is 16.6. The van der Waals surface area contributed by atoms with Gasteiger partial charge in [-0.3, -0.25) is 0 Å². The van der Waals surface area contributed by atoms with Crippen molar-refractivity contribution in [2.75, 3.05) is 19.8 Å². The molecule has 0 aromatic heterocycles. The molecule has 5 heteroatoms. The van der Waals surface area contributed by atoms with Crippen LogP contribution in [0.15, 0.2) is 36.4 Å². The molecule has 128 valence electrons. The van der Waals surface area contributed by atoms with Crippen LogP contribution in [-0.4, -0.2) is 30.0 Å². The van der Waals surface area contributed by atoms with E-state index in [1.54, 1.807) is 6.07 Å². The molecular weight excluding hydrogens is 306 g/mol. The number of phenolic OH excluding ortho intramolecular Hbond substituents is 1. The van der Waals surface area contributed by atoms with Crippen LogP contribution in [0.3, 0.4) is 0 Å². The van der Waals surface area contributed by atoms with E-state index in [2.05, 4.69) is 0 Å². The Morgan fingerprint density at radius 3 is 2.75 bits per heavy atom. The van der Waals surface area contributed by atoms with Crippen molar-refractivity contribution in [3.63, 3.8) is 0 Å². The molecule has 0 radical (unpaired) electrons. The van der Waals surface area contributed by atoms with Gasteiger partial charge in [-0.2, -0.15) is 0 Å². The fourth-order valence-electron chi connectivity index (χ4n) is 2.83. The van der Waals surface area contributed by atoms with Crippen LogP contribution in [0.1, 0.15) is 29.2 Å². The summed E-state index contributed by atoms with van der Waals surface area (Å²) in [6.07, 6.45) is 1.75. The number of aliphatic hydroxyl groups is 1. The second-order valence-electron chi connectivity index (χ2n) is 5.96. The van der Waals surface area contributed by atoms with E-state index in [0.29, 0.717) is 19.0 Å². The lowest BCUT2D eigenvalue weighted by molar-refractivity contribution is 0.186. The number of hydrogen-bond acceptors (Lipinski definition) is 5. The largest absolute Gasteiger partial charge is 0.508 e. The Bertz CT molecular complexity index is 685. The van der Waals surface area contributed by atoms with Crippen LogP contribution < -0.4 is 15.2 Å². The van der Waals surface area contributed by atoms with Crippen molar-refractivity contribution in [3.8, 4) is 17.2 Å². The van der Waals surface area contributed by atoms with Crippen molar-refractivity contribution in [2.24, 2.45) is 5.73 Å². The standard InChI is InChI=1S/C19H23NO4/c20-12-18(22)13-3-5-16(6-4-13)23-8-1-2-14-11-19-15(7-9-24-19)10-17(14)21/h3-6,10-11,18,21-22H,1-2,7-9,12,20H2. The third kappa shape index (κ3) is 3.80. The number of aromatic hydroxyl groups is 1. The molecule has 0 fully saturated rings. The highest BCUT2D eigenvalue weighted by Crippen LogP contribution is 2.32. The van der Waals surface area contributed by atoms with Gasteiger partial charge in [-0.25, -0.2) is 0 Å². The molecule has 1 unspecified atom stereocenters. The quantitative estimate of drug-likeness (QED) is 0.679. The predicted molar refractivity (Wildman–Crippen MR) is 91.6 cm³/mol. The molecule has 0 aliphatic carbocycles. The Labute approximate surface area is 141 Å². The summed E-state index contributed by atoms with van der Waals surface area (Å²) in [5, 5.41) is 19.7. The molecule has 0 saturated carbocycles. The Morgan fingerprint density at radius 2 is 2.00 bits per heavy atom. The van der Waals surface area contributed by atoms with Crippen LogP contribution in [0.5, 0.6) is 17.2 Å². The van der Waals surface area contributed by atoms with Gasteiger partial charge in [-0.05, 0) is 48.2 Å². The van der Waals surface area contributed by atoms with E-state index in [1.807, 2.05) is 30.3 Å². The minimum absolute atomic E-state index is 0.203. The zero-order chi connectivity index (χ0) is 16.9. The lowest BCUT2D eigenvalue weighted by atomic mass is 10.0. The smallest absolute Gasteiger partial charge is 0.123 e. The van der Waals surface area contributed by atoms with Gasteiger partial charge in [0.15, 0.2) is 0 Å². The summed E-state index contributed by atoms with van der Waals surface area (Å²) in [6, 6.07) is 11.0. The van der Waals surface area contributed by atoms with Crippen molar-refractivity contribution < 1.29 is 19.7 Å². The highest BCUT2D eigenvalue weighted by Gasteiger charge is 2.15. The minimum atomic E-state index is -0.635. The molecular formula is C19H23NO4. The molecule has 5 nitrogen and oxygen atoms in total. The number of nitrogens with two attached hydrogens (primary N) is 1. The van der Waals surface area contributed by atoms with E-state index < -0.39 is 6.10 Å². The molecule has 0 amide bonds. The third-order valence-corrected chi connectivity index (χ3v) is 4.24. The van der Waals surface area contributed by atoms with E-state index in [9.17, 15) is 10.2 Å². The number of fused-ring (bicyclic) bond motifs is 1. The molecule has 1 aliphatic heterocycles. The zero-order valence-corrected chi connectivity index (χ0v) is 13.6. The Kier molecular flexibility index (Phi) is 5.23. The van der Waals surface area contributed by atoms with Gasteiger partial charge in [0.25, 0.3) is 0 Å². The number of ether oxygens (including phenoxy) is 2. The Hall–Kier alpha value is -2.24. The van der Waals surface area contributed by atoms with E-state index >= 15 is 0 Å². The summed E-state index contributed by atoms with van der Waals surface area (Å²) in [5.41, 5.74) is 8.18. The van der Waals surface area contributed by atoms with Gasteiger partial charge in [0.05, 0.1) is 19.3 Å². The number of phenols is 1. The predicted octanol–water partition coefficient (Wildman–Crippen LogP) is 2.33. The molecule has 0 bridgehead atoms. The molecule has 3 rings (SSSR count). The zero-order valence-electron chi connectivity index (χ0n) is 13.6. The van der Waals surface area contributed by atoms with Gasteiger partial charge in [0, 0.05) is 18.5 Å². The second-order valence-corrected chi connectivity index (χ2v) is 5.96. The molecule has 24 heavy (non-hydrogen) atoms. The molecule has 1 aliphatic rings. The SMILES string of the molecule is NCC(O)c1ccc(OCCCc2cc3c(cc2O)CCO3)cc1. The average molecular weight is 329 g/mol. The topological polar surface area (TPSA) is 84.9 Å². The number of hydrogen-bond donors (Lipinski definition) is 3. The van der Waals surface area contributed by atoms with Gasteiger partial charge in [0.1, 0.15) is 17.2 Å². The van der Waals surface area contributed by atoms with Gasteiger partial charge >= 0.3 is 0 Å². The molecule has 2 aromatic carbocycles. The van der Waals surface area contributed by atoms with Gasteiger partial charge in [-0.1, -0.05) is 12.1 Å². The minimum Gasteiger partial charge on any atom is -0.508 e.